The average molecular weight is 248 g/mol. The van der Waals surface area contributed by atoms with Crippen LogP contribution in [0.5, 0.6) is 0 Å². The normalized spacial score (nSPS) is 40.6. The molecular formula is C14H16O4. The van der Waals surface area contributed by atoms with Crippen molar-refractivity contribution in [3.05, 3.63) is 24.3 Å². The molecule has 4 nitrogen and oxygen atoms in total. The monoisotopic (exact) mass is 248 g/mol. The molecule has 0 amide bonds. The van der Waals surface area contributed by atoms with E-state index in [1.807, 2.05) is 0 Å². The van der Waals surface area contributed by atoms with E-state index in [9.17, 15) is 9.59 Å². The van der Waals surface area contributed by atoms with Gasteiger partial charge in [0.25, 0.3) is 0 Å². The summed E-state index contributed by atoms with van der Waals surface area (Å²) in [5, 5.41) is 0. The maximum atomic E-state index is 11.6. The second-order valence-corrected chi connectivity index (χ2v) is 5.49. The first-order valence-electron chi connectivity index (χ1n) is 6.23. The molecule has 0 aromatic heterocycles. The van der Waals surface area contributed by atoms with Crippen LogP contribution in [-0.4, -0.2) is 24.1 Å². The smallest absolute Gasteiger partial charge is 0.333 e. The van der Waals surface area contributed by atoms with Crippen molar-refractivity contribution in [3.8, 4) is 0 Å². The minimum absolute atomic E-state index is 0.0326. The van der Waals surface area contributed by atoms with Crippen LogP contribution in [0.2, 0.25) is 0 Å². The molecule has 2 bridgehead atoms. The van der Waals surface area contributed by atoms with Gasteiger partial charge in [-0.3, -0.25) is 4.79 Å². The van der Waals surface area contributed by atoms with Crippen LogP contribution >= 0.6 is 0 Å². The molecule has 0 aromatic rings. The lowest BCUT2D eigenvalue weighted by molar-refractivity contribution is -0.150. The minimum Gasteiger partial charge on any atom is -0.461 e. The summed E-state index contributed by atoms with van der Waals surface area (Å²) in [7, 11) is 0. The number of carbonyl (C=O) groups excluding carboxylic acids is 2. The van der Waals surface area contributed by atoms with Gasteiger partial charge in [0, 0.05) is 23.3 Å². The van der Waals surface area contributed by atoms with Gasteiger partial charge < -0.3 is 9.47 Å². The molecule has 0 aromatic carbocycles. The number of esters is 2. The molecule has 2 aliphatic carbocycles. The molecule has 3 aliphatic rings. The van der Waals surface area contributed by atoms with Gasteiger partial charge in [-0.15, -0.1) is 0 Å². The summed E-state index contributed by atoms with van der Waals surface area (Å²) >= 11 is 0. The Labute approximate surface area is 106 Å². The Hall–Kier alpha value is -1.58. The van der Waals surface area contributed by atoms with Crippen LogP contribution in [0.25, 0.3) is 0 Å². The SMILES string of the molecule is C=C(C)C(=O)OC1CC2C(=C)C1C1CC(=O)OC21. The first-order chi connectivity index (χ1) is 8.49. The van der Waals surface area contributed by atoms with Crippen molar-refractivity contribution in [1.82, 2.24) is 0 Å². The highest BCUT2D eigenvalue weighted by Gasteiger charge is 2.61. The standard InChI is InChI=1S/C14H16O4/c1-6(2)14(16)17-10-4-8-7(3)12(10)9-5-11(15)18-13(8)9/h8-10,12-13H,1,3-5H2,2H3. The first kappa shape index (κ1) is 11.5. The fraction of sp³-hybridized carbons (Fsp3) is 0.571. The molecular weight excluding hydrogens is 232 g/mol. The van der Waals surface area contributed by atoms with Crippen LogP contribution in [0, 0.1) is 17.8 Å². The number of rotatable bonds is 2. The molecule has 1 aliphatic heterocycles. The maximum absolute atomic E-state index is 11.6. The molecule has 0 spiro atoms. The molecule has 4 heteroatoms. The quantitative estimate of drug-likeness (QED) is 0.423. The van der Waals surface area contributed by atoms with Gasteiger partial charge in [-0.1, -0.05) is 18.7 Å². The summed E-state index contributed by atoms with van der Waals surface area (Å²) in [6.07, 6.45) is 0.945. The highest BCUT2D eigenvalue weighted by atomic mass is 16.6. The predicted octanol–water partition coefficient (Wildman–Crippen LogP) is 1.61. The molecule has 96 valence electrons. The Balaban J connectivity index is 1.78. The number of fused-ring (bicyclic) bond motifs is 5. The van der Waals surface area contributed by atoms with E-state index in [2.05, 4.69) is 13.2 Å². The van der Waals surface area contributed by atoms with Crippen molar-refractivity contribution in [2.24, 2.45) is 17.8 Å². The first-order valence-corrected chi connectivity index (χ1v) is 6.23. The highest BCUT2D eigenvalue weighted by molar-refractivity contribution is 5.87. The van der Waals surface area contributed by atoms with Crippen molar-refractivity contribution >= 4 is 11.9 Å². The van der Waals surface area contributed by atoms with E-state index in [1.165, 1.54) is 0 Å². The molecule has 5 atom stereocenters. The van der Waals surface area contributed by atoms with Crippen LogP contribution in [0.15, 0.2) is 24.3 Å². The Morgan fingerprint density at radius 1 is 1.50 bits per heavy atom. The number of hydrogen-bond donors (Lipinski definition) is 0. The zero-order valence-corrected chi connectivity index (χ0v) is 10.3. The number of ether oxygens (including phenoxy) is 2. The number of hydrogen-bond acceptors (Lipinski definition) is 4. The zero-order valence-electron chi connectivity index (χ0n) is 10.3. The van der Waals surface area contributed by atoms with E-state index in [0.29, 0.717) is 12.0 Å². The van der Waals surface area contributed by atoms with Gasteiger partial charge in [0.1, 0.15) is 12.2 Å². The Morgan fingerprint density at radius 3 is 2.89 bits per heavy atom. The fourth-order valence-corrected chi connectivity index (χ4v) is 3.60. The Kier molecular flexibility index (Phi) is 2.37. The summed E-state index contributed by atoms with van der Waals surface area (Å²) in [4.78, 5) is 22.9. The minimum atomic E-state index is -0.359. The molecule has 1 heterocycles. The van der Waals surface area contributed by atoms with E-state index in [4.69, 9.17) is 9.47 Å². The second-order valence-electron chi connectivity index (χ2n) is 5.49. The van der Waals surface area contributed by atoms with Crippen LogP contribution in [0.3, 0.4) is 0 Å². The highest BCUT2D eigenvalue weighted by Crippen LogP contribution is 2.57. The van der Waals surface area contributed by atoms with Gasteiger partial charge in [-0.05, 0) is 13.3 Å². The Bertz CT molecular complexity index is 464. The third kappa shape index (κ3) is 1.44. The van der Waals surface area contributed by atoms with Gasteiger partial charge in [0.05, 0.1) is 6.42 Å². The van der Waals surface area contributed by atoms with E-state index in [-0.39, 0.29) is 41.9 Å². The van der Waals surface area contributed by atoms with Crippen molar-refractivity contribution < 1.29 is 19.1 Å². The predicted molar refractivity (Wildman–Crippen MR) is 63.4 cm³/mol. The van der Waals surface area contributed by atoms with Crippen molar-refractivity contribution in [1.29, 1.82) is 0 Å². The summed E-state index contributed by atoms with van der Waals surface area (Å²) in [5.74, 6) is -0.114. The van der Waals surface area contributed by atoms with Crippen LogP contribution in [0.4, 0.5) is 0 Å². The molecule has 2 saturated carbocycles. The van der Waals surface area contributed by atoms with Crippen molar-refractivity contribution in [3.63, 3.8) is 0 Å². The van der Waals surface area contributed by atoms with Crippen molar-refractivity contribution in [2.75, 3.05) is 0 Å². The summed E-state index contributed by atoms with van der Waals surface area (Å²) in [5.41, 5.74) is 1.48. The molecule has 0 N–H and O–H groups in total. The van der Waals surface area contributed by atoms with E-state index < -0.39 is 0 Å². The molecule has 5 unspecified atom stereocenters. The third-order valence-electron chi connectivity index (χ3n) is 4.35. The van der Waals surface area contributed by atoms with E-state index in [1.54, 1.807) is 6.92 Å². The summed E-state index contributed by atoms with van der Waals surface area (Å²) in [6, 6.07) is 0. The van der Waals surface area contributed by atoms with E-state index in [0.717, 1.165) is 12.0 Å². The maximum Gasteiger partial charge on any atom is 0.333 e. The lowest BCUT2D eigenvalue weighted by Crippen LogP contribution is -2.35. The second kappa shape index (κ2) is 3.70. The summed E-state index contributed by atoms with van der Waals surface area (Å²) in [6.45, 7) is 9.30. The van der Waals surface area contributed by atoms with Crippen LogP contribution in [0.1, 0.15) is 19.8 Å². The lowest BCUT2D eigenvalue weighted by Gasteiger charge is -2.28. The largest absolute Gasteiger partial charge is 0.461 e. The van der Waals surface area contributed by atoms with E-state index >= 15 is 0 Å². The third-order valence-corrected chi connectivity index (χ3v) is 4.35. The summed E-state index contributed by atoms with van der Waals surface area (Å²) < 4.78 is 10.8. The molecule has 3 rings (SSSR count). The van der Waals surface area contributed by atoms with Gasteiger partial charge in [-0.25, -0.2) is 4.79 Å². The van der Waals surface area contributed by atoms with Gasteiger partial charge >= 0.3 is 11.9 Å². The van der Waals surface area contributed by atoms with Crippen molar-refractivity contribution in [2.45, 2.75) is 32.0 Å². The zero-order chi connectivity index (χ0) is 13.0. The van der Waals surface area contributed by atoms with Gasteiger partial charge in [-0.2, -0.15) is 0 Å². The average Bonchev–Trinajstić information content (AvgIpc) is 2.86. The number of carbonyl (C=O) groups is 2. The van der Waals surface area contributed by atoms with Crippen LogP contribution < -0.4 is 0 Å². The topological polar surface area (TPSA) is 52.6 Å². The lowest BCUT2D eigenvalue weighted by atomic mass is 9.84. The van der Waals surface area contributed by atoms with Gasteiger partial charge in [0.15, 0.2) is 0 Å². The fourth-order valence-electron chi connectivity index (χ4n) is 3.60. The molecule has 1 saturated heterocycles. The van der Waals surface area contributed by atoms with Gasteiger partial charge in [0.2, 0.25) is 0 Å². The molecule has 18 heavy (non-hydrogen) atoms. The molecule has 0 radical (unpaired) electrons. The van der Waals surface area contributed by atoms with Crippen LogP contribution in [-0.2, 0) is 19.1 Å². The Morgan fingerprint density at radius 2 is 2.22 bits per heavy atom. The molecule has 3 fully saturated rings.